The Balaban J connectivity index is 1.26. The van der Waals surface area contributed by atoms with E-state index in [0.717, 1.165) is 35.4 Å². The molecule has 180 valence electrons. The van der Waals surface area contributed by atoms with Crippen molar-refractivity contribution < 1.29 is 22.1 Å². The Morgan fingerprint density at radius 1 is 1.00 bits per heavy atom. The van der Waals surface area contributed by atoms with Crippen molar-refractivity contribution in [2.45, 2.75) is 49.7 Å². The van der Waals surface area contributed by atoms with Gasteiger partial charge in [0.2, 0.25) is 5.88 Å². The van der Waals surface area contributed by atoms with Crippen molar-refractivity contribution in [2.24, 2.45) is 0 Å². The van der Waals surface area contributed by atoms with Gasteiger partial charge >= 0.3 is 0 Å². The van der Waals surface area contributed by atoms with E-state index in [1.807, 2.05) is 25.1 Å². The molecule has 34 heavy (non-hydrogen) atoms. The fraction of sp³-hybridized carbons (Fsp3) is 0.440. The maximum absolute atomic E-state index is 12.6. The zero-order valence-corrected chi connectivity index (χ0v) is 20.0. The van der Waals surface area contributed by atoms with Gasteiger partial charge in [0.05, 0.1) is 35.1 Å². The number of aromatic nitrogens is 2. The smallest absolute Gasteiger partial charge is 0.297 e. The summed E-state index contributed by atoms with van der Waals surface area (Å²) in [6, 6.07) is 12.6. The molecule has 1 saturated carbocycles. The number of aryl methyl sites for hydroxylation is 1. The van der Waals surface area contributed by atoms with Crippen LogP contribution in [0.3, 0.4) is 0 Å². The number of fused-ring (bicyclic) bond motifs is 1. The number of morpholine rings is 1. The van der Waals surface area contributed by atoms with Gasteiger partial charge in [0.25, 0.3) is 10.1 Å². The molecule has 3 aromatic rings. The van der Waals surface area contributed by atoms with Gasteiger partial charge in [0.15, 0.2) is 0 Å². The summed E-state index contributed by atoms with van der Waals surface area (Å²) in [6.07, 6.45) is 3.96. The lowest BCUT2D eigenvalue weighted by Crippen LogP contribution is -2.37. The fourth-order valence-electron chi connectivity index (χ4n) is 4.42. The largest absolute Gasteiger partial charge is 0.474 e. The first-order valence-corrected chi connectivity index (χ1v) is 13.1. The van der Waals surface area contributed by atoms with Gasteiger partial charge in [-0.2, -0.15) is 13.4 Å². The van der Waals surface area contributed by atoms with Crippen LogP contribution in [-0.4, -0.2) is 56.9 Å². The van der Waals surface area contributed by atoms with E-state index in [4.69, 9.17) is 18.6 Å². The molecule has 2 aromatic heterocycles. The molecule has 2 fully saturated rings. The van der Waals surface area contributed by atoms with Crippen molar-refractivity contribution in [3.05, 3.63) is 54.2 Å². The molecule has 9 heteroatoms. The molecule has 8 nitrogen and oxygen atoms in total. The van der Waals surface area contributed by atoms with Crippen LogP contribution in [0, 0.1) is 6.92 Å². The number of hydrogen-bond acceptors (Lipinski definition) is 8. The van der Waals surface area contributed by atoms with Crippen molar-refractivity contribution in [1.82, 2.24) is 9.97 Å². The Bertz CT molecular complexity index is 1240. The first-order valence-electron chi connectivity index (χ1n) is 11.7. The molecule has 1 saturated heterocycles. The maximum Gasteiger partial charge on any atom is 0.297 e. The number of ether oxygens (including phenoxy) is 2. The average Bonchev–Trinajstić information content (AvgIpc) is 2.86. The summed E-state index contributed by atoms with van der Waals surface area (Å²) in [7, 11) is -3.78. The van der Waals surface area contributed by atoms with Crippen LogP contribution in [-0.2, 0) is 19.0 Å². The summed E-state index contributed by atoms with van der Waals surface area (Å²) in [5.41, 5.74) is 1.85. The molecule has 3 heterocycles. The highest BCUT2D eigenvalue weighted by atomic mass is 32.2. The van der Waals surface area contributed by atoms with Gasteiger partial charge in [-0.25, -0.2) is 0 Å². The highest BCUT2D eigenvalue weighted by Gasteiger charge is 2.29. The molecule has 0 atom stereocenters. The van der Waals surface area contributed by atoms with Crippen LogP contribution < -0.4 is 9.64 Å². The van der Waals surface area contributed by atoms with Crippen molar-refractivity contribution in [1.29, 1.82) is 0 Å². The Kier molecular flexibility index (Phi) is 6.67. The summed E-state index contributed by atoms with van der Waals surface area (Å²) in [5, 5.41) is 0.875. The number of anilines is 1. The lowest BCUT2D eigenvalue weighted by molar-refractivity contribution is 0.0823. The lowest BCUT2D eigenvalue weighted by Gasteiger charge is -2.30. The summed E-state index contributed by atoms with van der Waals surface area (Å²) >= 11 is 0. The molecule has 0 amide bonds. The third kappa shape index (κ3) is 5.16. The number of pyridine rings is 2. The summed E-state index contributed by atoms with van der Waals surface area (Å²) in [4.78, 5) is 11.7. The quantitative estimate of drug-likeness (QED) is 0.488. The number of benzene rings is 1. The van der Waals surface area contributed by atoms with Gasteiger partial charge in [0, 0.05) is 25.4 Å². The molecule has 1 aromatic carbocycles. The van der Waals surface area contributed by atoms with E-state index in [-0.39, 0.29) is 17.1 Å². The molecule has 0 bridgehead atoms. The van der Waals surface area contributed by atoms with Crippen LogP contribution >= 0.6 is 0 Å². The van der Waals surface area contributed by atoms with Crippen molar-refractivity contribution in [3.63, 3.8) is 0 Å². The Hall–Kier alpha value is -2.75. The highest BCUT2D eigenvalue weighted by Crippen LogP contribution is 2.32. The molecule has 0 spiro atoms. The van der Waals surface area contributed by atoms with E-state index in [9.17, 15) is 8.42 Å². The second-order valence-electron chi connectivity index (χ2n) is 8.84. The van der Waals surface area contributed by atoms with Crippen molar-refractivity contribution in [2.75, 3.05) is 31.2 Å². The molecule has 2 aliphatic rings. The zero-order chi connectivity index (χ0) is 23.5. The number of rotatable bonds is 6. The molecule has 0 N–H and O–H groups in total. The first kappa shape index (κ1) is 23.0. The predicted octanol–water partition coefficient (Wildman–Crippen LogP) is 3.87. The zero-order valence-electron chi connectivity index (χ0n) is 19.2. The highest BCUT2D eigenvalue weighted by molar-refractivity contribution is 7.86. The predicted molar refractivity (Wildman–Crippen MR) is 129 cm³/mol. The normalized spacial score (nSPS) is 21.5. The van der Waals surface area contributed by atoms with E-state index < -0.39 is 10.1 Å². The SMILES string of the molecule is Cc1ccc(S(=O)(=O)O[C@H]2CC[C@H](Oc3nc(N4CCOCC4)cc4ncccc34)CC2)cc1. The van der Waals surface area contributed by atoms with Gasteiger partial charge in [-0.3, -0.25) is 9.17 Å². The van der Waals surface area contributed by atoms with Crippen LogP contribution in [0.25, 0.3) is 10.9 Å². The summed E-state index contributed by atoms with van der Waals surface area (Å²) in [5.74, 6) is 1.41. The minimum atomic E-state index is -3.78. The van der Waals surface area contributed by atoms with E-state index in [1.54, 1.807) is 30.5 Å². The third-order valence-corrected chi connectivity index (χ3v) is 7.73. The molecule has 5 rings (SSSR count). The van der Waals surface area contributed by atoms with Gasteiger partial charge in [0.1, 0.15) is 11.9 Å². The molecule has 0 radical (unpaired) electrons. The van der Waals surface area contributed by atoms with Crippen LogP contribution in [0.15, 0.2) is 53.6 Å². The van der Waals surface area contributed by atoms with E-state index >= 15 is 0 Å². The molecule has 0 unspecified atom stereocenters. The number of nitrogens with zero attached hydrogens (tertiary/aromatic N) is 3. The topological polar surface area (TPSA) is 90.9 Å². The van der Waals surface area contributed by atoms with E-state index in [0.29, 0.717) is 44.8 Å². The Labute approximate surface area is 200 Å². The monoisotopic (exact) mass is 483 g/mol. The molecule has 1 aliphatic heterocycles. The van der Waals surface area contributed by atoms with E-state index in [1.165, 1.54) is 0 Å². The second kappa shape index (κ2) is 9.85. The van der Waals surface area contributed by atoms with Gasteiger partial charge in [-0.05, 0) is 56.9 Å². The van der Waals surface area contributed by atoms with Crippen LogP contribution in [0.5, 0.6) is 5.88 Å². The van der Waals surface area contributed by atoms with Crippen LogP contribution in [0.1, 0.15) is 31.2 Å². The Morgan fingerprint density at radius 2 is 1.71 bits per heavy atom. The molecular weight excluding hydrogens is 454 g/mol. The van der Waals surface area contributed by atoms with Crippen LogP contribution in [0.2, 0.25) is 0 Å². The molecular formula is C25H29N3O5S. The van der Waals surface area contributed by atoms with Gasteiger partial charge in [-0.15, -0.1) is 0 Å². The maximum atomic E-state index is 12.6. The average molecular weight is 484 g/mol. The van der Waals surface area contributed by atoms with Crippen molar-refractivity contribution in [3.8, 4) is 5.88 Å². The summed E-state index contributed by atoms with van der Waals surface area (Å²) < 4.78 is 42.6. The van der Waals surface area contributed by atoms with Crippen molar-refractivity contribution >= 4 is 26.8 Å². The molecule has 1 aliphatic carbocycles. The lowest BCUT2D eigenvalue weighted by atomic mass is 9.95. The van der Waals surface area contributed by atoms with Crippen LogP contribution in [0.4, 0.5) is 5.82 Å². The minimum Gasteiger partial charge on any atom is -0.474 e. The third-order valence-electron chi connectivity index (χ3n) is 6.36. The fourth-order valence-corrected chi connectivity index (χ4v) is 5.55. The Morgan fingerprint density at radius 3 is 2.44 bits per heavy atom. The minimum absolute atomic E-state index is 0.0576. The first-order chi connectivity index (χ1) is 16.5. The van der Waals surface area contributed by atoms with E-state index in [2.05, 4.69) is 9.88 Å². The second-order valence-corrected chi connectivity index (χ2v) is 10.4. The van der Waals surface area contributed by atoms with Gasteiger partial charge < -0.3 is 14.4 Å². The number of hydrogen-bond donors (Lipinski definition) is 0. The standard InChI is InChI=1S/C25H29N3O5S/c1-18-4-10-21(11-5-18)34(29,30)33-20-8-6-19(7-9-20)32-25-22-3-2-12-26-23(22)17-24(27-25)28-13-15-31-16-14-28/h2-5,10-12,17,19-20H,6-9,13-16H2,1H3/t19-,20-. The van der Waals surface area contributed by atoms with Gasteiger partial charge in [-0.1, -0.05) is 17.7 Å². The summed E-state index contributed by atoms with van der Waals surface area (Å²) in [6.45, 7) is 4.83.